The SMILES string of the molecule is CC(C)(C)Cn1cc(C(NS(=O)(=O)C2CC2)C(F)F)c2cc(F)c(-c3ncccc3Cl)cc21. The summed E-state index contributed by atoms with van der Waals surface area (Å²) < 4.78 is 72.3. The molecule has 0 spiro atoms. The number of alkyl halides is 2. The Kier molecular flexibility index (Phi) is 6.26. The number of hydrogen-bond acceptors (Lipinski definition) is 3. The molecular weight excluding hydrogens is 475 g/mol. The minimum atomic E-state index is -3.90. The Bertz CT molecular complexity index is 1300. The van der Waals surface area contributed by atoms with Crippen molar-refractivity contribution in [2.75, 3.05) is 0 Å². The number of benzene rings is 1. The summed E-state index contributed by atoms with van der Waals surface area (Å²) in [6.45, 7) is 6.40. The van der Waals surface area contributed by atoms with Crippen molar-refractivity contribution in [2.45, 2.75) is 57.9 Å². The number of fused-ring (bicyclic) bond motifs is 1. The monoisotopic (exact) mass is 499 g/mol. The summed E-state index contributed by atoms with van der Waals surface area (Å²) >= 11 is 6.22. The highest BCUT2D eigenvalue weighted by atomic mass is 35.5. The van der Waals surface area contributed by atoms with Gasteiger partial charge < -0.3 is 4.57 Å². The van der Waals surface area contributed by atoms with E-state index in [0.717, 1.165) is 6.07 Å². The van der Waals surface area contributed by atoms with Gasteiger partial charge in [-0.1, -0.05) is 32.4 Å². The zero-order chi connectivity index (χ0) is 24.1. The molecule has 5 nitrogen and oxygen atoms in total. The third kappa shape index (κ3) is 5.05. The van der Waals surface area contributed by atoms with Crippen molar-refractivity contribution in [3.05, 3.63) is 53.1 Å². The van der Waals surface area contributed by atoms with Crippen LogP contribution in [0.25, 0.3) is 22.2 Å². The number of aromatic nitrogens is 2. The summed E-state index contributed by atoms with van der Waals surface area (Å²) in [5.74, 6) is -0.684. The molecule has 1 aromatic carbocycles. The van der Waals surface area contributed by atoms with Crippen molar-refractivity contribution >= 4 is 32.5 Å². The van der Waals surface area contributed by atoms with Gasteiger partial charge in [0.15, 0.2) is 0 Å². The molecule has 1 N–H and O–H groups in total. The summed E-state index contributed by atoms with van der Waals surface area (Å²) in [6.07, 6.45) is 0.856. The van der Waals surface area contributed by atoms with Crippen LogP contribution in [0.3, 0.4) is 0 Å². The number of pyridine rings is 1. The molecule has 1 aliphatic carbocycles. The highest BCUT2D eigenvalue weighted by Gasteiger charge is 2.40. The highest BCUT2D eigenvalue weighted by Crippen LogP contribution is 2.38. The lowest BCUT2D eigenvalue weighted by Crippen LogP contribution is -2.35. The standard InChI is InChI=1S/C23H25ClF3N3O2S/c1-23(2,3)12-30-11-16(21(22(26)27)29-33(31,32)13-6-7-13)14-9-18(25)15(10-19(14)30)20-17(24)5-4-8-28-20/h4-5,8-11,13,21-22,29H,6-7,12H2,1-3H3. The third-order valence-electron chi connectivity index (χ3n) is 5.50. The molecule has 1 fully saturated rings. The van der Waals surface area contributed by atoms with Gasteiger partial charge in [0, 0.05) is 41.0 Å². The van der Waals surface area contributed by atoms with Gasteiger partial charge in [0.05, 0.1) is 16.0 Å². The van der Waals surface area contributed by atoms with Crippen LogP contribution in [-0.2, 0) is 16.6 Å². The summed E-state index contributed by atoms with van der Waals surface area (Å²) in [5.41, 5.74) is 0.678. The fraction of sp³-hybridized carbons (Fsp3) is 0.435. The van der Waals surface area contributed by atoms with Crippen molar-refractivity contribution in [3.63, 3.8) is 0 Å². The lowest BCUT2D eigenvalue weighted by Gasteiger charge is -2.20. The molecule has 10 heteroatoms. The average Bonchev–Trinajstić information content (AvgIpc) is 3.51. The molecular formula is C23H25ClF3N3O2S. The Morgan fingerprint density at radius 2 is 1.97 bits per heavy atom. The zero-order valence-corrected chi connectivity index (χ0v) is 20.0. The number of nitrogens with one attached hydrogen (secondary N) is 1. The number of rotatable bonds is 7. The smallest absolute Gasteiger partial charge is 0.258 e. The Morgan fingerprint density at radius 1 is 1.27 bits per heavy atom. The molecule has 0 bridgehead atoms. The number of halogens is 4. The van der Waals surface area contributed by atoms with Crippen LogP contribution < -0.4 is 4.72 Å². The van der Waals surface area contributed by atoms with Gasteiger partial charge in [0.25, 0.3) is 6.43 Å². The Balaban J connectivity index is 1.91. The maximum atomic E-state index is 15.2. The lowest BCUT2D eigenvalue weighted by molar-refractivity contribution is 0.109. The summed E-state index contributed by atoms with van der Waals surface area (Å²) in [6, 6.07) is 4.12. The van der Waals surface area contributed by atoms with E-state index in [1.54, 1.807) is 16.7 Å². The zero-order valence-electron chi connectivity index (χ0n) is 18.4. The predicted octanol–water partition coefficient (Wildman–Crippen LogP) is 5.93. The fourth-order valence-corrected chi connectivity index (χ4v) is 5.65. The number of nitrogens with zero attached hydrogens (tertiary/aromatic N) is 2. The van der Waals surface area contributed by atoms with E-state index in [-0.39, 0.29) is 32.6 Å². The van der Waals surface area contributed by atoms with Crippen molar-refractivity contribution in [3.8, 4) is 11.3 Å². The van der Waals surface area contributed by atoms with Crippen LogP contribution in [0.1, 0.15) is 45.2 Å². The van der Waals surface area contributed by atoms with Gasteiger partial charge in [-0.25, -0.2) is 26.3 Å². The van der Waals surface area contributed by atoms with Crippen LogP contribution in [0.2, 0.25) is 5.02 Å². The minimum Gasteiger partial charge on any atom is -0.347 e. The molecule has 1 unspecified atom stereocenters. The molecule has 0 amide bonds. The Morgan fingerprint density at radius 3 is 2.55 bits per heavy atom. The second kappa shape index (κ2) is 8.60. The molecule has 0 radical (unpaired) electrons. The molecule has 4 rings (SSSR count). The largest absolute Gasteiger partial charge is 0.347 e. The van der Waals surface area contributed by atoms with Gasteiger partial charge in [-0.3, -0.25) is 4.98 Å². The normalized spacial score (nSPS) is 16.0. The van der Waals surface area contributed by atoms with Crippen LogP contribution in [-0.4, -0.2) is 29.6 Å². The maximum Gasteiger partial charge on any atom is 0.258 e. The van der Waals surface area contributed by atoms with Crippen molar-refractivity contribution < 1.29 is 21.6 Å². The maximum absolute atomic E-state index is 15.2. The van der Waals surface area contributed by atoms with Crippen LogP contribution in [0.5, 0.6) is 0 Å². The quantitative estimate of drug-likeness (QED) is 0.438. The summed E-state index contributed by atoms with van der Waals surface area (Å²) in [4.78, 5) is 4.17. The summed E-state index contributed by atoms with van der Waals surface area (Å²) in [7, 11) is -3.90. The Hall–Kier alpha value is -2.10. The number of hydrogen-bond donors (Lipinski definition) is 1. The number of sulfonamides is 1. The van der Waals surface area contributed by atoms with Crippen LogP contribution >= 0.6 is 11.6 Å². The highest BCUT2D eigenvalue weighted by molar-refractivity contribution is 7.90. The second-order valence-electron chi connectivity index (χ2n) is 9.63. The van der Waals surface area contributed by atoms with E-state index in [1.807, 2.05) is 20.8 Å². The molecule has 0 saturated heterocycles. The fourth-order valence-electron chi connectivity index (χ4n) is 3.89. The molecule has 2 heterocycles. The first-order chi connectivity index (χ1) is 15.4. The van der Waals surface area contributed by atoms with Gasteiger partial charge >= 0.3 is 0 Å². The van der Waals surface area contributed by atoms with Crippen molar-refractivity contribution in [1.82, 2.24) is 14.3 Å². The molecule has 2 aromatic heterocycles. The third-order valence-corrected chi connectivity index (χ3v) is 7.74. The average molecular weight is 500 g/mol. The topological polar surface area (TPSA) is 64.0 Å². The van der Waals surface area contributed by atoms with E-state index in [9.17, 15) is 17.2 Å². The Labute approximate surface area is 196 Å². The molecule has 1 saturated carbocycles. The van der Waals surface area contributed by atoms with Gasteiger partial charge in [-0.05, 0) is 42.5 Å². The lowest BCUT2D eigenvalue weighted by atomic mass is 9.97. The van der Waals surface area contributed by atoms with Crippen LogP contribution in [0.15, 0.2) is 36.7 Å². The molecule has 0 aliphatic heterocycles. The van der Waals surface area contributed by atoms with Crippen LogP contribution in [0, 0.1) is 11.2 Å². The first-order valence-electron chi connectivity index (χ1n) is 10.6. The van der Waals surface area contributed by atoms with E-state index >= 15 is 4.39 Å². The van der Waals surface area contributed by atoms with Crippen molar-refractivity contribution in [2.24, 2.45) is 5.41 Å². The van der Waals surface area contributed by atoms with Crippen LogP contribution in [0.4, 0.5) is 13.2 Å². The molecule has 178 valence electrons. The first kappa shape index (κ1) is 24.0. The first-order valence-corrected chi connectivity index (χ1v) is 12.5. The minimum absolute atomic E-state index is 0.0334. The molecule has 33 heavy (non-hydrogen) atoms. The summed E-state index contributed by atoms with van der Waals surface area (Å²) in [5, 5.41) is -0.180. The van der Waals surface area contributed by atoms with E-state index in [2.05, 4.69) is 9.71 Å². The molecule has 1 atom stereocenters. The molecule has 3 aromatic rings. The second-order valence-corrected chi connectivity index (χ2v) is 12.0. The van der Waals surface area contributed by atoms with E-state index in [0.29, 0.717) is 24.9 Å². The van der Waals surface area contributed by atoms with E-state index in [4.69, 9.17) is 11.6 Å². The predicted molar refractivity (Wildman–Crippen MR) is 123 cm³/mol. The van der Waals surface area contributed by atoms with Gasteiger partial charge in [-0.2, -0.15) is 0 Å². The van der Waals surface area contributed by atoms with E-state index < -0.39 is 33.6 Å². The van der Waals surface area contributed by atoms with Gasteiger partial charge in [0.2, 0.25) is 10.0 Å². The van der Waals surface area contributed by atoms with Crippen molar-refractivity contribution in [1.29, 1.82) is 0 Å². The van der Waals surface area contributed by atoms with Gasteiger partial charge in [0.1, 0.15) is 11.9 Å². The van der Waals surface area contributed by atoms with Gasteiger partial charge in [-0.15, -0.1) is 0 Å². The van der Waals surface area contributed by atoms with E-state index in [1.165, 1.54) is 18.5 Å². The molecule has 1 aliphatic rings.